The van der Waals surface area contributed by atoms with Crippen molar-refractivity contribution in [1.82, 2.24) is 19.8 Å². The van der Waals surface area contributed by atoms with Crippen molar-refractivity contribution in [1.29, 1.82) is 0 Å². The van der Waals surface area contributed by atoms with E-state index in [1.807, 2.05) is 31.2 Å². The van der Waals surface area contributed by atoms with Gasteiger partial charge in [0.25, 0.3) is 0 Å². The van der Waals surface area contributed by atoms with E-state index in [-0.39, 0.29) is 0 Å². The van der Waals surface area contributed by atoms with Crippen LogP contribution in [-0.4, -0.2) is 26.4 Å². The lowest BCUT2D eigenvalue weighted by atomic mass is 10.2. The zero-order valence-corrected chi connectivity index (χ0v) is 10.5. The molecule has 3 rings (SSSR count). The van der Waals surface area contributed by atoms with Gasteiger partial charge in [-0.15, -0.1) is 15.3 Å². The second-order valence-electron chi connectivity index (χ2n) is 3.62. The van der Waals surface area contributed by atoms with Gasteiger partial charge >= 0.3 is 0 Å². The molecule has 1 aromatic carbocycles. The van der Waals surface area contributed by atoms with Gasteiger partial charge < -0.3 is 10.5 Å². The maximum Gasteiger partial charge on any atom is 0.236 e. The van der Waals surface area contributed by atoms with Gasteiger partial charge in [-0.25, -0.2) is 0 Å². The highest BCUT2D eigenvalue weighted by atomic mass is 32.1. The number of anilines is 1. The van der Waals surface area contributed by atoms with Crippen LogP contribution in [0.15, 0.2) is 24.3 Å². The van der Waals surface area contributed by atoms with Crippen molar-refractivity contribution < 1.29 is 4.74 Å². The largest absolute Gasteiger partial charge is 0.494 e. The molecule has 6 nitrogen and oxygen atoms in total. The van der Waals surface area contributed by atoms with E-state index in [1.165, 1.54) is 11.3 Å². The Hall–Kier alpha value is -2.15. The number of nitrogen functional groups attached to an aromatic ring is 1. The molecule has 0 bridgehead atoms. The van der Waals surface area contributed by atoms with Crippen molar-refractivity contribution in [2.45, 2.75) is 6.92 Å². The van der Waals surface area contributed by atoms with Gasteiger partial charge in [-0.3, -0.25) is 0 Å². The summed E-state index contributed by atoms with van der Waals surface area (Å²) in [6, 6.07) is 7.67. The zero-order valence-electron chi connectivity index (χ0n) is 9.70. The fourth-order valence-electron chi connectivity index (χ4n) is 1.70. The van der Waals surface area contributed by atoms with Crippen molar-refractivity contribution in [3.05, 3.63) is 24.3 Å². The maximum atomic E-state index is 5.65. The number of rotatable bonds is 3. The summed E-state index contributed by atoms with van der Waals surface area (Å²) >= 11 is 1.31. The highest BCUT2D eigenvalue weighted by Crippen LogP contribution is 2.25. The molecule has 2 aromatic heterocycles. The Labute approximate surface area is 107 Å². The lowest BCUT2D eigenvalue weighted by Crippen LogP contribution is -1.94. The molecule has 2 N–H and O–H groups in total. The molecule has 0 radical (unpaired) electrons. The van der Waals surface area contributed by atoms with E-state index >= 15 is 0 Å². The van der Waals surface area contributed by atoms with Crippen LogP contribution in [0.2, 0.25) is 0 Å². The first-order chi connectivity index (χ1) is 8.78. The van der Waals surface area contributed by atoms with Crippen LogP contribution in [0.1, 0.15) is 6.92 Å². The van der Waals surface area contributed by atoms with Gasteiger partial charge in [0.1, 0.15) is 5.75 Å². The Balaban J connectivity index is 2.10. The Morgan fingerprint density at radius 2 is 2.28 bits per heavy atom. The molecule has 18 heavy (non-hydrogen) atoms. The molecule has 92 valence electrons. The Kier molecular flexibility index (Phi) is 2.60. The summed E-state index contributed by atoms with van der Waals surface area (Å²) in [5.74, 6) is 1.47. The fraction of sp³-hybridized carbons (Fsp3) is 0.182. The van der Waals surface area contributed by atoms with Gasteiger partial charge in [0.2, 0.25) is 10.1 Å². The van der Waals surface area contributed by atoms with Crippen LogP contribution in [-0.2, 0) is 0 Å². The van der Waals surface area contributed by atoms with Crippen LogP contribution < -0.4 is 10.5 Å². The molecule has 0 aliphatic heterocycles. The first-order valence-electron chi connectivity index (χ1n) is 5.49. The first-order valence-corrected chi connectivity index (χ1v) is 6.30. The zero-order chi connectivity index (χ0) is 12.5. The second-order valence-corrected chi connectivity index (χ2v) is 4.61. The van der Waals surface area contributed by atoms with Gasteiger partial charge in [-0.2, -0.15) is 4.52 Å². The molecule has 0 atom stereocenters. The number of hydrogen-bond acceptors (Lipinski definition) is 6. The quantitative estimate of drug-likeness (QED) is 0.778. The summed E-state index contributed by atoms with van der Waals surface area (Å²) in [5.41, 5.74) is 6.56. The van der Waals surface area contributed by atoms with Crippen LogP contribution in [0.4, 0.5) is 5.13 Å². The van der Waals surface area contributed by atoms with Gasteiger partial charge in [-0.1, -0.05) is 23.5 Å². The van der Waals surface area contributed by atoms with Gasteiger partial charge in [0, 0.05) is 5.56 Å². The predicted octanol–water partition coefficient (Wildman–Crippen LogP) is 1.83. The number of fused-ring (bicyclic) bond motifs is 1. The normalized spacial score (nSPS) is 10.9. The Bertz CT molecular complexity index is 690. The van der Waals surface area contributed by atoms with Crippen molar-refractivity contribution in [2.75, 3.05) is 12.3 Å². The van der Waals surface area contributed by atoms with Gasteiger partial charge in [0.05, 0.1) is 6.61 Å². The highest BCUT2D eigenvalue weighted by Gasteiger charge is 2.12. The maximum absolute atomic E-state index is 5.65. The summed E-state index contributed by atoms with van der Waals surface area (Å²) in [5, 5.41) is 12.8. The average molecular weight is 261 g/mol. The highest BCUT2D eigenvalue weighted by molar-refractivity contribution is 7.20. The van der Waals surface area contributed by atoms with E-state index in [1.54, 1.807) is 4.52 Å². The summed E-state index contributed by atoms with van der Waals surface area (Å²) in [7, 11) is 0. The topological polar surface area (TPSA) is 78.3 Å². The molecule has 7 heteroatoms. The smallest absolute Gasteiger partial charge is 0.236 e. The average Bonchev–Trinajstić information content (AvgIpc) is 2.88. The standard InChI is InChI=1S/C11H11N5OS/c1-2-17-8-5-3-4-7(6-8)9-13-14-11-16(9)15-10(12)18-11/h3-6H,2H2,1H3,(H2,12,15). The van der Waals surface area contributed by atoms with E-state index < -0.39 is 0 Å². The van der Waals surface area contributed by atoms with Crippen LogP contribution in [0.5, 0.6) is 5.75 Å². The lowest BCUT2D eigenvalue weighted by Gasteiger charge is -2.03. The molecular weight excluding hydrogens is 250 g/mol. The van der Waals surface area contributed by atoms with Crippen molar-refractivity contribution >= 4 is 21.4 Å². The summed E-state index contributed by atoms with van der Waals surface area (Å²) in [6.07, 6.45) is 0. The number of nitrogens with two attached hydrogens (primary N) is 1. The number of aromatic nitrogens is 4. The number of ether oxygens (including phenoxy) is 1. The summed E-state index contributed by atoms with van der Waals surface area (Å²) < 4.78 is 7.11. The van der Waals surface area contributed by atoms with Crippen LogP contribution in [0.3, 0.4) is 0 Å². The molecule has 0 saturated carbocycles. The first kappa shape index (κ1) is 11.0. The Morgan fingerprint density at radius 3 is 3.11 bits per heavy atom. The van der Waals surface area contributed by atoms with Gasteiger partial charge in [0.15, 0.2) is 5.82 Å². The predicted molar refractivity (Wildman–Crippen MR) is 69.7 cm³/mol. The molecule has 0 saturated heterocycles. The van der Waals surface area contributed by atoms with E-state index in [9.17, 15) is 0 Å². The Morgan fingerprint density at radius 1 is 1.39 bits per heavy atom. The third-order valence-corrected chi connectivity index (χ3v) is 3.14. The van der Waals surface area contributed by atoms with Crippen molar-refractivity contribution in [2.24, 2.45) is 0 Å². The number of nitrogens with zero attached hydrogens (tertiary/aromatic N) is 4. The lowest BCUT2D eigenvalue weighted by molar-refractivity contribution is 0.340. The van der Waals surface area contributed by atoms with Gasteiger partial charge in [-0.05, 0) is 19.1 Å². The van der Waals surface area contributed by atoms with E-state index in [0.29, 0.717) is 22.5 Å². The third kappa shape index (κ3) is 1.78. The van der Waals surface area contributed by atoms with Crippen LogP contribution >= 0.6 is 11.3 Å². The van der Waals surface area contributed by atoms with Crippen LogP contribution in [0.25, 0.3) is 16.3 Å². The monoisotopic (exact) mass is 261 g/mol. The SMILES string of the molecule is CCOc1cccc(-c2nnc3sc(N)nn23)c1. The molecular formula is C11H11N5OS. The number of benzene rings is 1. The molecule has 0 aliphatic carbocycles. The minimum Gasteiger partial charge on any atom is -0.494 e. The third-order valence-electron chi connectivity index (χ3n) is 2.41. The summed E-state index contributed by atoms with van der Waals surface area (Å²) in [6.45, 7) is 2.57. The van der Waals surface area contributed by atoms with E-state index in [2.05, 4.69) is 15.3 Å². The second kappa shape index (κ2) is 4.26. The molecule has 0 unspecified atom stereocenters. The molecule has 2 heterocycles. The number of hydrogen-bond donors (Lipinski definition) is 1. The molecule has 0 aliphatic rings. The van der Waals surface area contributed by atoms with Crippen LogP contribution in [0, 0.1) is 0 Å². The molecule has 3 aromatic rings. The molecule has 0 fully saturated rings. The molecule has 0 spiro atoms. The fourth-order valence-corrected chi connectivity index (χ4v) is 2.31. The van der Waals surface area contributed by atoms with Crippen molar-refractivity contribution in [3.8, 4) is 17.1 Å². The summed E-state index contributed by atoms with van der Waals surface area (Å²) in [4.78, 5) is 0.685. The van der Waals surface area contributed by atoms with E-state index in [0.717, 1.165) is 11.3 Å². The minimum absolute atomic E-state index is 0.474. The van der Waals surface area contributed by atoms with Crippen molar-refractivity contribution in [3.63, 3.8) is 0 Å². The minimum atomic E-state index is 0.474. The molecule has 0 amide bonds. The van der Waals surface area contributed by atoms with E-state index in [4.69, 9.17) is 10.5 Å².